The standard InChI is InChI=1S/C20H20F3NO2/c21-20(22,23)26-18-6-2-4-14(10-18)13-3-1-5-17(9-13)25-19-11-15-7-8-16(12-19)24-15/h1-6,9-10,15-16,19,24H,7-8,11-12H2/t15-,16+,19-. The highest BCUT2D eigenvalue weighted by atomic mass is 19.4. The van der Waals surface area contributed by atoms with Crippen molar-refractivity contribution < 1.29 is 22.6 Å². The zero-order valence-electron chi connectivity index (χ0n) is 14.1. The summed E-state index contributed by atoms with van der Waals surface area (Å²) in [6.45, 7) is 0. The average molecular weight is 363 g/mol. The first-order chi connectivity index (χ1) is 12.4. The number of alkyl halides is 3. The Bertz CT molecular complexity index is 766. The predicted molar refractivity (Wildman–Crippen MR) is 92.2 cm³/mol. The lowest BCUT2D eigenvalue weighted by Gasteiger charge is -2.29. The highest BCUT2D eigenvalue weighted by molar-refractivity contribution is 5.66. The molecule has 1 N–H and O–H groups in total. The quantitative estimate of drug-likeness (QED) is 0.837. The van der Waals surface area contributed by atoms with Crippen molar-refractivity contribution in [2.45, 2.75) is 50.2 Å². The molecular weight excluding hydrogens is 343 g/mol. The molecule has 0 saturated carbocycles. The normalized spacial score (nSPS) is 25.1. The molecule has 0 aliphatic carbocycles. The Hall–Kier alpha value is -2.21. The molecule has 2 heterocycles. The molecule has 3 nitrogen and oxygen atoms in total. The van der Waals surface area contributed by atoms with Crippen molar-refractivity contribution in [1.82, 2.24) is 5.32 Å². The molecule has 2 aliphatic heterocycles. The third-order valence-electron chi connectivity index (χ3n) is 4.97. The van der Waals surface area contributed by atoms with Crippen molar-refractivity contribution >= 4 is 0 Å². The van der Waals surface area contributed by atoms with E-state index in [4.69, 9.17) is 4.74 Å². The Balaban J connectivity index is 1.50. The number of ether oxygens (including phenoxy) is 2. The van der Waals surface area contributed by atoms with Gasteiger partial charge in [-0.1, -0.05) is 24.3 Å². The monoisotopic (exact) mass is 363 g/mol. The summed E-state index contributed by atoms with van der Waals surface area (Å²) in [6, 6.07) is 14.5. The molecule has 2 fully saturated rings. The molecular formula is C20H20F3NO2. The Labute approximate surface area is 150 Å². The molecule has 0 radical (unpaired) electrons. The summed E-state index contributed by atoms with van der Waals surface area (Å²) in [4.78, 5) is 0. The minimum Gasteiger partial charge on any atom is -0.490 e. The third kappa shape index (κ3) is 4.12. The molecule has 2 aromatic carbocycles. The molecule has 4 rings (SSSR count). The maximum absolute atomic E-state index is 12.4. The molecule has 0 amide bonds. The van der Waals surface area contributed by atoms with Gasteiger partial charge in [0.2, 0.25) is 0 Å². The van der Waals surface area contributed by atoms with Gasteiger partial charge in [-0.05, 0) is 61.1 Å². The van der Waals surface area contributed by atoms with E-state index < -0.39 is 6.36 Å². The second-order valence-electron chi connectivity index (χ2n) is 6.95. The number of hydrogen-bond acceptors (Lipinski definition) is 3. The Morgan fingerprint density at radius 2 is 1.42 bits per heavy atom. The van der Waals surface area contributed by atoms with Crippen molar-refractivity contribution in [2.75, 3.05) is 0 Å². The summed E-state index contributed by atoms with van der Waals surface area (Å²) in [6.07, 6.45) is -0.111. The minimum absolute atomic E-state index is 0.184. The molecule has 0 unspecified atom stereocenters. The maximum Gasteiger partial charge on any atom is 0.573 e. The SMILES string of the molecule is FC(F)(F)Oc1cccc(-c2cccc(O[C@@H]3C[C@H]4CC[C@@H](C3)N4)c2)c1. The van der Waals surface area contributed by atoms with Crippen molar-refractivity contribution in [3.8, 4) is 22.6 Å². The lowest BCUT2D eigenvalue weighted by molar-refractivity contribution is -0.274. The van der Waals surface area contributed by atoms with E-state index in [1.807, 2.05) is 24.3 Å². The molecule has 2 aliphatic rings. The van der Waals surface area contributed by atoms with Gasteiger partial charge in [0.05, 0.1) is 0 Å². The maximum atomic E-state index is 12.4. The molecule has 138 valence electrons. The number of nitrogens with one attached hydrogen (secondary N) is 1. The van der Waals surface area contributed by atoms with Crippen LogP contribution in [-0.4, -0.2) is 24.6 Å². The second-order valence-corrected chi connectivity index (χ2v) is 6.95. The summed E-state index contributed by atoms with van der Waals surface area (Å²) in [5.41, 5.74) is 1.45. The zero-order valence-corrected chi connectivity index (χ0v) is 14.1. The number of piperidine rings is 1. The molecule has 2 bridgehead atoms. The zero-order chi connectivity index (χ0) is 18.1. The van der Waals surface area contributed by atoms with Gasteiger partial charge in [0.1, 0.15) is 17.6 Å². The Kier molecular flexibility index (Phi) is 4.53. The van der Waals surface area contributed by atoms with Crippen LogP contribution < -0.4 is 14.8 Å². The first-order valence-electron chi connectivity index (χ1n) is 8.83. The average Bonchev–Trinajstić information content (AvgIpc) is 2.92. The smallest absolute Gasteiger partial charge is 0.490 e. The van der Waals surface area contributed by atoms with Crippen LogP contribution in [0.5, 0.6) is 11.5 Å². The number of hydrogen-bond donors (Lipinski definition) is 1. The minimum atomic E-state index is -4.70. The van der Waals surface area contributed by atoms with Crippen molar-refractivity contribution in [3.63, 3.8) is 0 Å². The van der Waals surface area contributed by atoms with Gasteiger partial charge in [-0.15, -0.1) is 13.2 Å². The van der Waals surface area contributed by atoms with E-state index >= 15 is 0 Å². The summed E-state index contributed by atoms with van der Waals surface area (Å²) >= 11 is 0. The Morgan fingerprint density at radius 3 is 2.04 bits per heavy atom. The fourth-order valence-electron chi connectivity index (χ4n) is 3.92. The van der Waals surface area contributed by atoms with Crippen LogP contribution in [0, 0.1) is 0 Å². The van der Waals surface area contributed by atoms with E-state index in [1.165, 1.54) is 25.0 Å². The van der Waals surface area contributed by atoms with E-state index in [0.29, 0.717) is 17.6 Å². The second kappa shape index (κ2) is 6.83. The molecule has 6 heteroatoms. The van der Waals surface area contributed by atoms with E-state index in [1.54, 1.807) is 12.1 Å². The predicted octanol–water partition coefficient (Wildman–Crippen LogP) is 4.91. The van der Waals surface area contributed by atoms with Gasteiger partial charge in [-0.3, -0.25) is 0 Å². The van der Waals surface area contributed by atoms with Crippen molar-refractivity contribution in [2.24, 2.45) is 0 Å². The van der Waals surface area contributed by atoms with Crippen LogP contribution >= 0.6 is 0 Å². The van der Waals surface area contributed by atoms with Crippen LogP contribution in [0.4, 0.5) is 13.2 Å². The fraction of sp³-hybridized carbons (Fsp3) is 0.400. The van der Waals surface area contributed by atoms with Crippen LogP contribution in [0.15, 0.2) is 48.5 Å². The van der Waals surface area contributed by atoms with Gasteiger partial charge in [0.15, 0.2) is 0 Å². The molecule has 0 aromatic heterocycles. The van der Waals surface area contributed by atoms with E-state index in [0.717, 1.165) is 24.2 Å². The van der Waals surface area contributed by atoms with Gasteiger partial charge in [-0.2, -0.15) is 0 Å². The first-order valence-corrected chi connectivity index (χ1v) is 8.83. The lowest BCUT2D eigenvalue weighted by atomic mass is 10.0. The highest BCUT2D eigenvalue weighted by Gasteiger charge is 2.34. The number of benzene rings is 2. The lowest BCUT2D eigenvalue weighted by Crippen LogP contribution is -2.42. The summed E-state index contributed by atoms with van der Waals surface area (Å²) < 4.78 is 47.4. The van der Waals surface area contributed by atoms with E-state index in [9.17, 15) is 13.2 Å². The molecule has 3 atom stereocenters. The third-order valence-corrected chi connectivity index (χ3v) is 4.97. The van der Waals surface area contributed by atoms with Crippen LogP contribution in [0.25, 0.3) is 11.1 Å². The largest absolute Gasteiger partial charge is 0.573 e. The topological polar surface area (TPSA) is 30.5 Å². The van der Waals surface area contributed by atoms with Gasteiger partial charge < -0.3 is 14.8 Å². The summed E-state index contributed by atoms with van der Waals surface area (Å²) in [5, 5.41) is 3.58. The summed E-state index contributed by atoms with van der Waals surface area (Å²) in [7, 11) is 0. The number of rotatable bonds is 4. The van der Waals surface area contributed by atoms with Crippen molar-refractivity contribution in [3.05, 3.63) is 48.5 Å². The molecule has 26 heavy (non-hydrogen) atoms. The first kappa shape index (κ1) is 17.2. The number of halogens is 3. The highest BCUT2D eigenvalue weighted by Crippen LogP contribution is 2.32. The van der Waals surface area contributed by atoms with Gasteiger partial charge in [0, 0.05) is 12.1 Å². The molecule has 2 aromatic rings. The number of fused-ring (bicyclic) bond motifs is 2. The van der Waals surface area contributed by atoms with Gasteiger partial charge in [-0.25, -0.2) is 0 Å². The van der Waals surface area contributed by atoms with Crippen LogP contribution in [-0.2, 0) is 0 Å². The molecule has 2 saturated heterocycles. The van der Waals surface area contributed by atoms with E-state index in [2.05, 4.69) is 10.1 Å². The van der Waals surface area contributed by atoms with Crippen LogP contribution in [0.2, 0.25) is 0 Å². The fourth-order valence-corrected chi connectivity index (χ4v) is 3.92. The van der Waals surface area contributed by atoms with Crippen LogP contribution in [0.3, 0.4) is 0 Å². The van der Waals surface area contributed by atoms with Gasteiger partial charge >= 0.3 is 6.36 Å². The van der Waals surface area contributed by atoms with E-state index in [-0.39, 0.29) is 11.9 Å². The Morgan fingerprint density at radius 1 is 0.846 bits per heavy atom. The molecule has 0 spiro atoms. The van der Waals surface area contributed by atoms with Gasteiger partial charge in [0.25, 0.3) is 0 Å². The summed E-state index contributed by atoms with van der Waals surface area (Å²) in [5.74, 6) is 0.521. The van der Waals surface area contributed by atoms with Crippen LogP contribution in [0.1, 0.15) is 25.7 Å². The van der Waals surface area contributed by atoms with Crippen molar-refractivity contribution in [1.29, 1.82) is 0 Å².